The molecule has 0 aliphatic rings. The molecule has 1 heterocycles. The van der Waals surface area contributed by atoms with Crippen LogP contribution in [0.5, 0.6) is 0 Å². The molecule has 0 radical (unpaired) electrons. The van der Waals surface area contributed by atoms with Crippen LogP contribution in [0.3, 0.4) is 0 Å². The molecule has 0 spiro atoms. The first-order chi connectivity index (χ1) is 7.07. The summed E-state index contributed by atoms with van der Waals surface area (Å²) >= 11 is 0. The number of hydrogen-bond acceptors (Lipinski definition) is 5. The fraction of sp³-hybridized carbons (Fsp3) is 0.250. The van der Waals surface area contributed by atoms with Crippen molar-refractivity contribution in [2.24, 2.45) is 5.73 Å². The summed E-state index contributed by atoms with van der Waals surface area (Å²) in [6.07, 6.45) is 4.21. The number of nitrogens with zero attached hydrogens (tertiary/aromatic N) is 2. The van der Waals surface area contributed by atoms with Gasteiger partial charge in [-0.3, -0.25) is 0 Å². The topological polar surface area (TPSA) is 126 Å². The highest BCUT2D eigenvalue weighted by Gasteiger charge is 2.04. The second-order valence-electron chi connectivity index (χ2n) is 2.31. The molecule has 0 saturated carbocycles. The molecule has 1 aromatic rings. The van der Waals surface area contributed by atoms with Gasteiger partial charge >= 0.3 is 11.9 Å². The van der Waals surface area contributed by atoms with Crippen LogP contribution in [0.4, 0.5) is 0 Å². The molecule has 0 aliphatic heterocycles. The average Bonchev–Trinajstić information content (AvgIpc) is 2.20. The predicted octanol–water partition coefficient (Wildman–Crippen LogP) is -0.867. The summed E-state index contributed by atoms with van der Waals surface area (Å²) in [5.74, 6) is -2.83. The Morgan fingerprint density at radius 2 is 1.67 bits per heavy atom. The van der Waals surface area contributed by atoms with Gasteiger partial charge in [0.25, 0.3) is 0 Å². The molecule has 0 amide bonds. The zero-order valence-electron chi connectivity index (χ0n) is 7.83. The van der Waals surface area contributed by atoms with Crippen molar-refractivity contribution >= 4 is 11.9 Å². The van der Waals surface area contributed by atoms with Crippen LogP contribution in [-0.2, 0) is 16.0 Å². The van der Waals surface area contributed by atoms with Crippen molar-refractivity contribution < 1.29 is 19.8 Å². The zero-order chi connectivity index (χ0) is 11.7. The van der Waals surface area contributed by atoms with E-state index in [9.17, 15) is 0 Å². The van der Waals surface area contributed by atoms with Gasteiger partial charge in [-0.25, -0.2) is 19.6 Å². The third-order valence-electron chi connectivity index (χ3n) is 1.17. The summed E-state index contributed by atoms with van der Waals surface area (Å²) in [6, 6.07) is 1.79. The van der Waals surface area contributed by atoms with Gasteiger partial charge in [-0.15, -0.1) is 0 Å². The lowest BCUT2D eigenvalue weighted by Crippen LogP contribution is -2.09. The SMILES string of the molecule is NCCc1ncccn1.O=C(O)C(=O)O. The standard InChI is InChI=1S/C6H9N3.C2H2O4/c7-3-2-6-8-4-1-5-9-6;3-1(4)2(5)6/h1,4-5H,2-3,7H2;(H,3,4)(H,5,6). The third kappa shape index (κ3) is 7.08. The third-order valence-corrected chi connectivity index (χ3v) is 1.17. The summed E-state index contributed by atoms with van der Waals surface area (Å²) in [5, 5.41) is 14.8. The molecule has 0 bridgehead atoms. The highest BCUT2D eigenvalue weighted by Crippen LogP contribution is 1.85. The quantitative estimate of drug-likeness (QED) is 0.545. The Morgan fingerprint density at radius 3 is 2.00 bits per heavy atom. The van der Waals surface area contributed by atoms with E-state index in [0.29, 0.717) is 6.54 Å². The molecule has 15 heavy (non-hydrogen) atoms. The van der Waals surface area contributed by atoms with Crippen LogP contribution in [0.1, 0.15) is 5.82 Å². The average molecular weight is 213 g/mol. The minimum absolute atomic E-state index is 0.615. The predicted molar refractivity (Wildman–Crippen MR) is 50.1 cm³/mol. The van der Waals surface area contributed by atoms with Gasteiger partial charge in [0.2, 0.25) is 0 Å². The molecule has 82 valence electrons. The van der Waals surface area contributed by atoms with Gasteiger partial charge in [0, 0.05) is 18.8 Å². The molecule has 0 unspecified atom stereocenters. The maximum absolute atomic E-state index is 9.10. The molecular formula is C8H11N3O4. The summed E-state index contributed by atoms with van der Waals surface area (Å²) in [5.41, 5.74) is 5.28. The van der Waals surface area contributed by atoms with E-state index >= 15 is 0 Å². The van der Waals surface area contributed by atoms with Crippen molar-refractivity contribution in [1.82, 2.24) is 9.97 Å². The Hall–Kier alpha value is -2.02. The van der Waals surface area contributed by atoms with Crippen molar-refractivity contribution in [3.63, 3.8) is 0 Å². The Balaban J connectivity index is 0.000000288. The lowest BCUT2D eigenvalue weighted by molar-refractivity contribution is -0.159. The van der Waals surface area contributed by atoms with Crippen LogP contribution >= 0.6 is 0 Å². The lowest BCUT2D eigenvalue weighted by atomic mass is 10.4. The Labute approximate surface area is 85.6 Å². The number of aliphatic carboxylic acids is 2. The molecule has 4 N–H and O–H groups in total. The van der Waals surface area contributed by atoms with Crippen LogP contribution < -0.4 is 5.73 Å². The highest BCUT2D eigenvalue weighted by atomic mass is 16.4. The second-order valence-corrected chi connectivity index (χ2v) is 2.31. The highest BCUT2D eigenvalue weighted by molar-refractivity contribution is 6.27. The first kappa shape index (κ1) is 13.0. The van der Waals surface area contributed by atoms with E-state index in [-0.39, 0.29) is 0 Å². The van der Waals surface area contributed by atoms with E-state index in [2.05, 4.69) is 9.97 Å². The van der Waals surface area contributed by atoms with Crippen molar-refractivity contribution in [3.05, 3.63) is 24.3 Å². The van der Waals surface area contributed by atoms with E-state index in [4.69, 9.17) is 25.5 Å². The number of carbonyl (C=O) groups is 2. The van der Waals surface area contributed by atoms with Crippen molar-refractivity contribution in [2.75, 3.05) is 6.54 Å². The van der Waals surface area contributed by atoms with E-state index in [1.165, 1.54) is 0 Å². The molecule has 0 saturated heterocycles. The number of nitrogens with two attached hydrogens (primary N) is 1. The molecular weight excluding hydrogens is 202 g/mol. The monoisotopic (exact) mass is 213 g/mol. The largest absolute Gasteiger partial charge is 0.473 e. The van der Waals surface area contributed by atoms with Crippen LogP contribution in [-0.4, -0.2) is 38.7 Å². The maximum atomic E-state index is 9.10. The van der Waals surface area contributed by atoms with E-state index in [0.717, 1.165) is 12.2 Å². The minimum Gasteiger partial charge on any atom is -0.473 e. The minimum atomic E-state index is -1.82. The number of rotatable bonds is 2. The van der Waals surface area contributed by atoms with Crippen LogP contribution in [0.15, 0.2) is 18.5 Å². The van der Waals surface area contributed by atoms with Gasteiger partial charge in [0.1, 0.15) is 5.82 Å². The number of carboxylic acids is 2. The van der Waals surface area contributed by atoms with Crippen LogP contribution in [0, 0.1) is 0 Å². The van der Waals surface area contributed by atoms with Gasteiger partial charge in [-0.1, -0.05) is 0 Å². The fourth-order valence-corrected chi connectivity index (χ4v) is 0.588. The van der Waals surface area contributed by atoms with E-state index in [1.54, 1.807) is 18.5 Å². The molecule has 7 nitrogen and oxygen atoms in total. The summed E-state index contributed by atoms with van der Waals surface area (Å²) in [4.78, 5) is 26.2. The molecule has 7 heteroatoms. The Kier molecular flexibility index (Phi) is 6.39. The second kappa shape index (κ2) is 7.39. The van der Waals surface area contributed by atoms with Gasteiger partial charge in [0.05, 0.1) is 0 Å². The van der Waals surface area contributed by atoms with Gasteiger partial charge < -0.3 is 15.9 Å². The zero-order valence-corrected chi connectivity index (χ0v) is 7.83. The Morgan fingerprint density at radius 1 is 1.20 bits per heavy atom. The number of carboxylic acid groups (broad SMARTS) is 2. The fourth-order valence-electron chi connectivity index (χ4n) is 0.588. The molecule has 0 aliphatic carbocycles. The number of hydrogen-bond donors (Lipinski definition) is 3. The molecule has 1 rings (SSSR count). The molecule has 0 aromatic carbocycles. The summed E-state index contributed by atoms with van der Waals surface area (Å²) in [6.45, 7) is 0.615. The van der Waals surface area contributed by atoms with E-state index in [1.807, 2.05) is 0 Å². The Bertz CT molecular complexity index is 303. The lowest BCUT2D eigenvalue weighted by Gasteiger charge is -1.91. The van der Waals surface area contributed by atoms with Crippen molar-refractivity contribution in [1.29, 1.82) is 0 Å². The maximum Gasteiger partial charge on any atom is 0.414 e. The van der Waals surface area contributed by atoms with Gasteiger partial charge in [-0.2, -0.15) is 0 Å². The van der Waals surface area contributed by atoms with Crippen LogP contribution in [0.2, 0.25) is 0 Å². The summed E-state index contributed by atoms with van der Waals surface area (Å²) < 4.78 is 0. The molecule has 1 aromatic heterocycles. The van der Waals surface area contributed by atoms with E-state index < -0.39 is 11.9 Å². The molecule has 0 fully saturated rings. The number of aromatic nitrogens is 2. The first-order valence-electron chi connectivity index (χ1n) is 4.00. The first-order valence-corrected chi connectivity index (χ1v) is 4.00. The van der Waals surface area contributed by atoms with Gasteiger partial charge in [0.15, 0.2) is 0 Å². The normalized spacial score (nSPS) is 8.60. The molecule has 0 atom stereocenters. The smallest absolute Gasteiger partial charge is 0.414 e. The van der Waals surface area contributed by atoms with Crippen LogP contribution in [0.25, 0.3) is 0 Å². The van der Waals surface area contributed by atoms with Crippen molar-refractivity contribution in [3.8, 4) is 0 Å². The van der Waals surface area contributed by atoms with Gasteiger partial charge in [-0.05, 0) is 12.6 Å². The van der Waals surface area contributed by atoms with Crippen molar-refractivity contribution in [2.45, 2.75) is 6.42 Å². The summed E-state index contributed by atoms with van der Waals surface area (Å²) in [7, 11) is 0.